The van der Waals surface area contributed by atoms with Gasteiger partial charge in [0.25, 0.3) is 0 Å². The first kappa shape index (κ1) is 9.61. The zero-order valence-corrected chi connectivity index (χ0v) is 9.43. The molecule has 5 heteroatoms. The Bertz CT molecular complexity index is 495. The fourth-order valence-corrected chi connectivity index (χ4v) is 2.57. The van der Waals surface area contributed by atoms with Crippen molar-refractivity contribution in [3.63, 3.8) is 0 Å². The van der Waals surface area contributed by atoms with E-state index in [0.717, 1.165) is 20.1 Å². The molecule has 1 aromatic carbocycles. The van der Waals surface area contributed by atoms with Crippen molar-refractivity contribution in [2.45, 2.75) is 6.42 Å². The first-order valence-corrected chi connectivity index (χ1v) is 5.48. The van der Waals surface area contributed by atoms with Crippen molar-refractivity contribution in [1.82, 2.24) is 4.37 Å². The Hall–Kier alpha value is -0.940. The van der Waals surface area contributed by atoms with Crippen molar-refractivity contribution in [2.75, 3.05) is 0 Å². The van der Waals surface area contributed by atoms with E-state index in [1.54, 1.807) is 6.20 Å². The van der Waals surface area contributed by atoms with E-state index in [2.05, 4.69) is 20.3 Å². The van der Waals surface area contributed by atoms with Crippen LogP contribution in [0.4, 0.5) is 0 Å². The lowest BCUT2D eigenvalue weighted by Crippen LogP contribution is -1.99. The quantitative estimate of drug-likeness (QED) is 0.914. The Labute approximate surface area is 92.7 Å². The molecule has 2 rings (SSSR count). The molecule has 1 aromatic heterocycles. The molecule has 0 aliphatic heterocycles. The molecule has 0 spiro atoms. The highest BCUT2D eigenvalue weighted by Gasteiger charge is 2.08. The average molecular weight is 272 g/mol. The minimum atomic E-state index is -0.821. The van der Waals surface area contributed by atoms with E-state index in [9.17, 15) is 4.79 Å². The summed E-state index contributed by atoms with van der Waals surface area (Å²) in [7, 11) is 0. The Kier molecular flexibility index (Phi) is 2.52. The Morgan fingerprint density at radius 2 is 2.36 bits per heavy atom. The molecule has 2 aromatic rings. The Morgan fingerprint density at radius 3 is 3.07 bits per heavy atom. The fraction of sp³-hybridized carbons (Fsp3) is 0.111. The molecule has 0 amide bonds. The van der Waals surface area contributed by atoms with E-state index in [0.29, 0.717) is 0 Å². The number of carboxylic acids is 1. The number of fused-ring (bicyclic) bond motifs is 1. The van der Waals surface area contributed by atoms with Gasteiger partial charge in [0.2, 0.25) is 0 Å². The number of carbonyl (C=O) groups is 1. The molecule has 0 saturated heterocycles. The number of hydrogen-bond donors (Lipinski definition) is 1. The first-order chi connectivity index (χ1) is 6.66. The van der Waals surface area contributed by atoms with Crippen LogP contribution in [0.3, 0.4) is 0 Å². The smallest absolute Gasteiger partial charge is 0.307 e. The van der Waals surface area contributed by atoms with Gasteiger partial charge in [-0.15, -0.1) is 0 Å². The van der Waals surface area contributed by atoms with Crippen LogP contribution in [0.2, 0.25) is 0 Å². The SMILES string of the molecule is O=C(O)Cc1cc(Br)cc2cnsc12. The van der Waals surface area contributed by atoms with Gasteiger partial charge in [0.1, 0.15) is 0 Å². The summed E-state index contributed by atoms with van der Waals surface area (Å²) < 4.78 is 5.88. The molecule has 72 valence electrons. The third-order valence-corrected chi connectivity index (χ3v) is 3.19. The third-order valence-electron chi connectivity index (χ3n) is 1.84. The molecule has 1 heterocycles. The van der Waals surface area contributed by atoms with Gasteiger partial charge in [0.05, 0.1) is 11.1 Å². The van der Waals surface area contributed by atoms with Gasteiger partial charge in [-0.2, -0.15) is 4.37 Å². The van der Waals surface area contributed by atoms with Crippen molar-refractivity contribution in [2.24, 2.45) is 0 Å². The van der Waals surface area contributed by atoms with Crippen molar-refractivity contribution in [3.05, 3.63) is 28.4 Å². The van der Waals surface area contributed by atoms with Gasteiger partial charge in [0, 0.05) is 16.1 Å². The molecular weight excluding hydrogens is 266 g/mol. The van der Waals surface area contributed by atoms with E-state index in [-0.39, 0.29) is 6.42 Å². The van der Waals surface area contributed by atoms with Crippen LogP contribution >= 0.6 is 27.5 Å². The summed E-state index contributed by atoms with van der Waals surface area (Å²) in [6.45, 7) is 0. The topological polar surface area (TPSA) is 50.2 Å². The van der Waals surface area contributed by atoms with Gasteiger partial charge >= 0.3 is 5.97 Å². The van der Waals surface area contributed by atoms with Crippen molar-refractivity contribution in [1.29, 1.82) is 0 Å². The average Bonchev–Trinajstić information content (AvgIpc) is 2.50. The number of nitrogens with zero attached hydrogens (tertiary/aromatic N) is 1. The number of halogens is 1. The first-order valence-electron chi connectivity index (χ1n) is 3.91. The van der Waals surface area contributed by atoms with Gasteiger partial charge in [-0.1, -0.05) is 15.9 Å². The van der Waals surface area contributed by atoms with Crippen LogP contribution in [-0.4, -0.2) is 15.4 Å². The molecule has 14 heavy (non-hydrogen) atoms. The predicted molar refractivity (Wildman–Crippen MR) is 58.7 cm³/mol. The Morgan fingerprint density at radius 1 is 1.57 bits per heavy atom. The van der Waals surface area contributed by atoms with E-state index in [1.165, 1.54) is 11.5 Å². The number of hydrogen-bond acceptors (Lipinski definition) is 3. The molecule has 0 fully saturated rings. The molecule has 0 unspecified atom stereocenters. The summed E-state index contributed by atoms with van der Waals surface area (Å²) in [5.74, 6) is -0.821. The molecule has 0 radical (unpaired) electrons. The third kappa shape index (κ3) is 1.78. The van der Waals surface area contributed by atoms with E-state index >= 15 is 0 Å². The van der Waals surface area contributed by atoms with Crippen LogP contribution in [0.25, 0.3) is 10.1 Å². The summed E-state index contributed by atoms with van der Waals surface area (Å²) in [6.07, 6.45) is 1.79. The standard InChI is InChI=1S/C9H6BrNO2S/c10-7-1-5(3-8(12)13)9-6(2-7)4-11-14-9/h1-2,4H,3H2,(H,12,13). The van der Waals surface area contributed by atoms with E-state index < -0.39 is 5.97 Å². The van der Waals surface area contributed by atoms with Crippen LogP contribution in [0.15, 0.2) is 22.8 Å². The van der Waals surface area contributed by atoms with Crippen LogP contribution in [0.1, 0.15) is 5.56 Å². The molecule has 0 aliphatic rings. The van der Waals surface area contributed by atoms with Crippen LogP contribution in [0.5, 0.6) is 0 Å². The number of rotatable bonds is 2. The highest BCUT2D eigenvalue weighted by atomic mass is 79.9. The predicted octanol–water partition coefficient (Wildman–Crippen LogP) is 2.69. The minimum Gasteiger partial charge on any atom is -0.481 e. The van der Waals surface area contributed by atoms with Crippen molar-refractivity contribution >= 4 is 43.5 Å². The van der Waals surface area contributed by atoms with Gasteiger partial charge in [-0.05, 0) is 29.2 Å². The zero-order valence-electron chi connectivity index (χ0n) is 7.03. The second-order valence-electron chi connectivity index (χ2n) is 2.88. The summed E-state index contributed by atoms with van der Waals surface area (Å²) in [6, 6.07) is 3.76. The molecule has 0 atom stereocenters. The monoisotopic (exact) mass is 271 g/mol. The number of aliphatic carboxylic acids is 1. The number of benzene rings is 1. The van der Waals surface area contributed by atoms with E-state index in [1.807, 2.05) is 12.1 Å². The molecule has 0 bridgehead atoms. The molecular formula is C9H6BrNO2S. The maximum atomic E-state index is 10.6. The summed E-state index contributed by atoms with van der Waals surface area (Å²) >= 11 is 4.67. The van der Waals surface area contributed by atoms with Gasteiger partial charge in [-0.25, -0.2) is 0 Å². The number of aromatic nitrogens is 1. The molecule has 0 saturated carbocycles. The lowest BCUT2D eigenvalue weighted by molar-refractivity contribution is -0.136. The maximum absolute atomic E-state index is 10.6. The summed E-state index contributed by atoms with van der Waals surface area (Å²) in [4.78, 5) is 10.6. The second kappa shape index (κ2) is 3.67. The van der Waals surface area contributed by atoms with E-state index in [4.69, 9.17) is 5.11 Å². The van der Waals surface area contributed by atoms with Crippen LogP contribution < -0.4 is 0 Å². The Balaban J connectivity index is 2.60. The zero-order chi connectivity index (χ0) is 10.1. The van der Waals surface area contributed by atoms with Crippen molar-refractivity contribution < 1.29 is 9.90 Å². The maximum Gasteiger partial charge on any atom is 0.307 e. The van der Waals surface area contributed by atoms with Gasteiger partial charge in [0.15, 0.2) is 0 Å². The molecule has 3 nitrogen and oxygen atoms in total. The fourth-order valence-electron chi connectivity index (χ4n) is 1.31. The van der Waals surface area contributed by atoms with Crippen molar-refractivity contribution in [3.8, 4) is 0 Å². The molecule has 1 N–H and O–H groups in total. The highest BCUT2D eigenvalue weighted by molar-refractivity contribution is 9.10. The van der Waals surface area contributed by atoms with Gasteiger partial charge in [-0.3, -0.25) is 4.79 Å². The largest absolute Gasteiger partial charge is 0.481 e. The lowest BCUT2D eigenvalue weighted by Gasteiger charge is -1.99. The van der Waals surface area contributed by atoms with Gasteiger partial charge < -0.3 is 5.11 Å². The lowest BCUT2D eigenvalue weighted by atomic mass is 10.1. The highest BCUT2D eigenvalue weighted by Crippen LogP contribution is 2.27. The normalized spacial score (nSPS) is 10.6. The number of carboxylic acid groups (broad SMARTS) is 1. The van der Waals surface area contributed by atoms with Crippen LogP contribution in [0, 0.1) is 0 Å². The summed E-state index contributed by atoms with van der Waals surface area (Å²) in [5, 5.41) is 9.71. The minimum absolute atomic E-state index is 0.0398. The molecule has 0 aliphatic carbocycles. The van der Waals surface area contributed by atoms with Crippen LogP contribution in [-0.2, 0) is 11.2 Å². The second-order valence-corrected chi connectivity index (χ2v) is 4.60. The summed E-state index contributed by atoms with van der Waals surface area (Å²) in [5.41, 5.74) is 0.810.